The van der Waals surface area contributed by atoms with Gasteiger partial charge in [-0.1, -0.05) is 0 Å². The third-order valence-electron chi connectivity index (χ3n) is 1.46. The fourth-order valence-corrected chi connectivity index (χ4v) is 1.52. The van der Waals surface area contributed by atoms with Crippen molar-refractivity contribution in [2.24, 2.45) is 5.73 Å². The normalized spacial score (nSPS) is 10.1. The van der Waals surface area contributed by atoms with Gasteiger partial charge in [-0.3, -0.25) is 0 Å². The van der Waals surface area contributed by atoms with Crippen molar-refractivity contribution in [2.45, 2.75) is 11.4 Å². The summed E-state index contributed by atoms with van der Waals surface area (Å²) in [5.41, 5.74) is 6.29. The highest BCUT2D eigenvalue weighted by atomic mass is 32.2. The van der Waals surface area contributed by atoms with Crippen molar-refractivity contribution in [3.8, 4) is 0 Å². The summed E-state index contributed by atoms with van der Waals surface area (Å²) < 4.78 is 12.6. The van der Waals surface area contributed by atoms with Crippen molar-refractivity contribution in [3.63, 3.8) is 0 Å². The van der Waals surface area contributed by atoms with E-state index in [9.17, 15) is 4.39 Å². The van der Waals surface area contributed by atoms with Crippen LogP contribution < -0.4 is 5.73 Å². The predicted molar refractivity (Wildman–Crippen MR) is 46.1 cm³/mol. The number of nitrogens with two attached hydrogens (primary N) is 1. The van der Waals surface area contributed by atoms with Gasteiger partial charge >= 0.3 is 0 Å². The fourth-order valence-electron chi connectivity index (χ4n) is 0.907. The molecule has 2 N–H and O–H groups in total. The summed E-state index contributed by atoms with van der Waals surface area (Å²) in [5, 5.41) is 0. The van der Waals surface area contributed by atoms with E-state index in [2.05, 4.69) is 0 Å². The van der Waals surface area contributed by atoms with E-state index in [4.69, 9.17) is 5.73 Å². The second-order valence-corrected chi connectivity index (χ2v) is 3.01. The van der Waals surface area contributed by atoms with Gasteiger partial charge in [0.1, 0.15) is 5.82 Å². The molecule has 0 unspecified atom stereocenters. The first-order chi connectivity index (χ1) is 5.27. The molecule has 0 radical (unpaired) electrons. The molecule has 1 rings (SSSR count). The minimum Gasteiger partial charge on any atom is -0.326 e. The third-order valence-corrected chi connectivity index (χ3v) is 2.30. The Bertz CT molecular complexity index is 250. The minimum atomic E-state index is -0.219. The Morgan fingerprint density at radius 3 is 2.82 bits per heavy atom. The van der Waals surface area contributed by atoms with Gasteiger partial charge in [0.05, 0.1) is 0 Å². The van der Waals surface area contributed by atoms with Crippen molar-refractivity contribution in [1.82, 2.24) is 0 Å². The molecular formula is C8H10FNS. The molecular weight excluding hydrogens is 161 g/mol. The first-order valence-corrected chi connectivity index (χ1v) is 4.53. The molecule has 0 aromatic heterocycles. The van der Waals surface area contributed by atoms with Crippen LogP contribution in [0.1, 0.15) is 5.56 Å². The van der Waals surface area contributed by atoms with Crippen LogP contribution in [0.25, 0.3) is 0 Å². The van der Waals surface area contributed by atoms with Crippen LogP contribution in [0.2, 0.25) is 0 Å². The zero-order chi connectivity index (χ0) is 8.27. The van der Waals surface area contributed by atoms with Crippen LogP contribution >= 0.6 is 11.8 Å². The lowest BCUT2D eigenvalue weighted by atomic mass is 10.2. The van der Waals surface area contributed by atoms with E-state index in [1.165, 1.54) is 12.1 Å². The molecule has 0 saturated carbocycles. The van der Waals surface area contributed by atoms with Crippen LogP contribution in [0, 0.1) is 5.82 Å². The Hall–Kier alpha value is -0.540. The van der Waals surface area contributed by atoms with E-state index in [0.717, 1.165) is 10.5 Å². The molecule has 0 spiro atoms. The standard InChI is InChI=1S/C8H10FNS/c1-11-8-3-2-7(9)4-6(8)5-10/h2-4H,5,10H2,1H3. The Kier molecular flexibility index (Phi) is 2.91. The van der Waals surface area contributed by atoms with Crippen LogP contribution in [-0.4, -0.2) is 6.26 Å². The molecule has 0 fully saturated rings. The maximum Gasteiger partial charge on any atom is 0.123 e. The molecule has 1 aromatic carbocycles. The lowest BCUT2D eigenvalue weighted by Crippen LogP contribution is -1.98. The molecule has 0 aliphatic heterocycles. The molecule has 0 bridgehead atoms. The summed E-state index contributed by atoms with van der Waals surface area (Å²) in [6.45, 7) is 0.397. The largest absolute Gasteiger partial charge is 0.326 e. The summed E-state index contributed by atoms with van der Waals surface area (Å²) in [6, 6.07) is 4.68. The smallest absolute Gasteiger partial charge is 0.123 e. The van der Waals surface area contributed by atoms with E-state index < -0.39 is 0 Å². The van der Waals surface area contributed by atoms with Crippen LogP contribution in [0.4, 0.5) is 4.39 Å². The minimum absolute atomic E-state index is 0.219. The third kappa shape index (κ3) is 1.94. The molecule has 0 saturated heterocycles. The van der Waals surface area contributed by atoms with Gasteiger partial charge in [-0.2, -0.15) is 0 Å². The molecule has 0 amide bonds. The van der Waals surface area contributed by atoms with Gasteiger partial charge in [-0.05, 0) is 30.0 Å². The van der Waals surface area contributed by atoms with E-state index in [1.54, 1.807) is 17.8 Å². The molecule has 60 valence electrons. The molecule has 1 nitrogen and oxygen atoms in total. The van der Waals surface area contributed by atoms with Gasteiger partial charge in [0.2, 0.25) is 0 Å². The Morgan fingerprint density at radius 2 is 2.27 bits per heavy atom. The summed E-state index contributed by atoms with van der Waals surface area (Å²) in [7, 11) is 0. The topological polar surface area (TPSA) is 26.0 Å². The van der Waals surface area contributed by atoms with Crippen molar-refractivity contribution >= 4 is 11.8 Å². The highest BCUT2D eigenvalue weighted by Gasteiger charge is 1.99. The number of hydrogen-bond acceptors (Lipinski definition) is 2. The van der Waals surface area contributed by atoms with Crippen molar-refractivity contribution < 1.29 is 4.39 Å². The SMILES string of the molecule is CSc1ccc(F)cc1CN. The van der Waals surface area contributed by atoms with E-state index in [1.807, 2.05) is 6.26 Å². The first kappa shape index (κ1) is 8.56. The quantitative estimate of drug-likeness (QED) is 0.689. The maximum absolute atomic E-state index is 12.6. The second-order valence-electron chi connectivity index (χ2n) is 2.16. The van der Waals surface area contributed by atoms with Crippen molar-refractivity contribution in [2.75, 3.05) is 6.26 Å². The lowest BCUT2D eigenvalue weighted by Gasteiger charge is -2.03. The highest BCUT2D eigenvalue weighted by molar-refractivity contribution is 7.98. The monoisotopic (exact) mass is 171 g/mol. The van der Waals surface area contributed by atoms with Gasteiger partial charge < -0.3 is 5.73 Å². The number of halogens is 1. The van der Waals surface area contributed by atoms with Gasteiger partial charge in [0.15, 0.2) is 0 Å². The molecule has 3 heteroatoms. The van der Waals surface area contributed by atoms with Gasteiger partial charge in [-0.25, -0.2) is 4.39 Å². The van der Waals surface area contributed by atoms with Crippen LogP contribution in [0.15, 0.2) is 23.1 Å². The van der Waals surface area contributed by atoms with E-state index in [-0.39, 0.29) is 5.82 Å². The van der Waals surface area contributed by atoms with Gasteiger partial charge in [0.25, 0.3) is 0 Å². The van der Waals surface area contributed by atoms with Gasteiger partial charge in [-0.15, -0.1) is 11.8 Å². The average Bonchev–Trinajstić information content (AvgIpc) is 2.04. The number of thioether (sulfide) groups is 1. The zero-order valence-corrected chi connectivity index (χ0v) is 7.12. The molecule has 0 atom stereocenters. The summed E-state index contributed by atoms with van der Waals surface area (Å²) in [6.07, 6.45) is 1.95. The molecule has 11 heavy (non-hydrogen) atoms. The summed E-state index contributed by atoms with van der Waals surface area (Å²) in [5.74, 6) is -0.219. The van der Waals surface area contributed by atoms with Crippen LogP contribution in [0.3, 0.4) is 0 Å². The van der Waals surface area contributed by atoms with Crippen molar-refractivity contribution in [1.29, 1.82) is 0 Å². The molecule has 0 heterocycles. The maximum atomic E-state index is 12.6. The van der Waals surface area contributed by atoms with Gasteiger partial charge in [0, 0.05) is 11.4 Å². The summed E-state index contributed by atoms with van der Waals surface area (Å²) in [4.78, 5) is 1.05. The van der Waals surface area contributed by atoms with Crippen molar-refractivity contribution in [3.05, 3.63) is 29.6 Å². The number of hydrogen-bond donors (Lipinski definition) is 1. The van der Waals surface area contributed by atoms with E-state index in [0.29, 0.717) is 6.54 Å². The Morgan fingerprint density at radius 1 is 1.55 bits per heavy atom. The first-order valence-electron chi connectivity index (χ1n) is 3.30. The summed E-state index contributed by atoms with van der Waals surface area (Å²) >= 11 is 1.58. The molecule has 0 aliphatic carbocycles. The highest BCUT2D eigenvalue weighted by Crippen LogP contribution is 2.20. The fraction of sp³-hybridized carbons (Fsp3) is 0.250. The number of rotatable bonds is 2. The Labute approximate surface area is 69.8 Å². The average molecular weight is 171 g/mol. The van der Waals surface area contributed by atoms with E-state index >= 15 is 0 Å². The molecule has 0 aliphatic rings. The molecule has 1 aromatic rings. The predicted octanol–water partition coefficient (Wildman–Crippen LogP) is 2.01. The zero-order valence-electron chi connectivity index (χ0n) is 6.30. The number of benzene rings is 1. The van der Waals surface area contributed by atoms with Crippen LogP contribution in [0.5, 0.6) is 0 Å². The lowest BCUT2D eigenvalue weighted by molar-refractivity contribution is 0.623. The second kappa shape index (κ2) is 3.74. The van der Waals surface area contributed by atoms with Crippen LogP contribution in [-0.2, 0) is 6.54 Å². The Balaban J connectivity index is 3.06.